The smallest absolute Gasteiger partial charge is 0.277 e. The van der Waals surface area contributed by atoms with E-state index in [9.17, 15) is 9.59 Å². The maximum absolute atomic E-state index is 12.4. The van der Waals surface area contributed by atoms with Crippen molar-refractivity contribution in [3.05, 3.63) is 64.2 Å². The zero-order valence-electron chi connectivity index (χ0n) is 16.3. The predicted molar refractivity (Wildman–Crippen MR) is 109 cm³/mol. The van der Waals surface area contributed by atoms with Crippen molar-refractivity contribution in [2.24, 2.45) is 0 Å². The van der Waals surface area contributed by atoms with Gasteiger partial charge in [-0.2, -0.15) is 0 Å². The number of hydrogen-bond acceptors (Lipinski definition) is 2. The Hall–Kier alpha value is -2.37. The molecule has 0 aromatic heterocycles. The molecular weight excluding hydrogens is 362 g/mol. The Labute approximate surface area is 165 Å². The zero-order valence-corrected chi connectivity index (χ0v) is 17.0. The monoisotopic (exact) mass is 388 g/mol. The first-order valence-electron chi connectivity index (χ1n) is 8.97. The van der Waals surface area contributed by atoms with Crippen LogP contribution in [0.1, 0.15) is 29.7 Å². The summed E-state index contributed by atoms with van der Waals surface area (Å²) >= 11 is 6.20. The number of quaternary nitrogens is 1. The number of rotatable bonds is 7. The fourth-order valence-electron chi connectivity index (χ4n) is 2.90. The average Bonchev–Trinajstić information content (AvgIpc) is 2.63. The number of anilines is 1. The van der Waals surface area contributed by atoms with Crippen molar-refractivity contribution < 1.29 is 14.9 Å². The third-order valence-corrected chi connectivity index (χ3v) is 4.94. The highest BCUT2D eigenvalue weighted by Crippen LogP contribution is 2.20. The minimum atomic E-state index is -0.206. The van der Waals surface area contributed by atoms with Crippen LogP contribution >= 0.6 is 11.6 Å². The van der Waals surface area contributed by atoms with Gasteiger partial charge in [0.05, 0.1) is 6.54 Å². The van der Waals surface area contributed by atoms with E-state index in [-0.39, 0.29) is 30.9 Å². The second-order valence-electron chi connectivity index (χ2n) is 6.81. The van der Waals surface area contributed by atoms with Crippen molar-refractivity contribution in [2.45, 2.75) is 26.8 Å². The van der Waals surface area contributed by atoms with Gasteiger partial charge in [-0.1, -0.05) is 48.0 Å². The lowest BCUT2D eigenvalue weighted by Gasteiger charge is -2.19. The molecule has 2 rings (SSSR count). The molecule has 27 heavy (non-hydrogen) atoms. The summed E-state index contributed by atoms with van der Waals surface area (Å²) in [5.41, 5.74) is 3.79. The maximum atomic E-state index is 12.4. The van der Waals surface area contributed by atoms with Gasteiger partial charge in [0.1, 0.15) is 6.04 Å². The summed E-state index contributed by atoms with van der Waals surface area (Å²) in [5.74, 6) is -0.312. The molecule has 0 aliphatic rings. The standard InChI is InChI=1S/C21H26ClN3O2/c1-14-8-7-9-15(2)21(14)24-19(26)13-25(4)20(27)12-23-16(3)17-10-5-6-11-18(17)22/h5-11,16,23H,12-13H2,1-4H3,(H,24,26)/p+1/t16-/m1/s1. The number of likely N-dealkylation sites (N-methyl/N-ethyl adjacent to an activating group) is 1. The second kappa shape index (κ2) is 9.53. The van der Waals surface area contributed by atoms with Gasteiger partial charge in [0, 0.05) is 23.3 Å². The first kappa shape index (κ1) is 20.9. The molecule has 0 radical (unpaired) electrons. The van der Waals surface area contributed by atoms with Crippen LogP contribution in [0, 0.1) is 13.8 Å². The molecule has 0 spiro atoms. The number of carbonyl (C=O) groups is 2. The molecule has 2 aromatic rings. The number of benzene rings is 2. The van der Waals surface area contributed by atoms with Gasteiger partial charge in [-0.3, -0.25) is 9.59 Å². The quantitative estimate of drug-likeness (QED) is 0.765. The number of nitrogens with one attached hydrogen (secondary N) is 1. The van der Waals surface area contributed by atoms with Gasteiger partial charge in [-0.15, -0.1) is 0 Å². The van der Waals surface area contributed by atoms with E-state index in [2.05, 4.69) is 5.32 Å². The molecule has 5 nitrogen and oxygen atoms in total. The minimum absolute atomic E-state index is 0.0148. The molecular formula is C21H27ClN3O2+. The van der Waals surface area contributed by atoms with Crippen molar-refractivity contribution in [3.63, 3.8) is 0 Å². The van der Waals surface area contributed by atoms with Gasteiger partial charge in [-0.25, -0.2) is 0 Å². The summed E-state index contributed by atoms with van der Waals surface area (Å²) in [5, 5.41) is 5.51. The molecule has 0 aliphatic carbocycles. The largest absolute Gasteiger partial charge is 0.332 e. The highest BCUT2D eigenvalue weighted by molar-refractivity contribution is 6.31. The fraction of sp³-hybridized carbons (Fsp3) is 0.333. The molecule has 0 aliphatic heterocycles. The molecule has 0 heterocycles. The van der Waals surface area contributed by atoms with Crippen LogP contribution in [-0.4, -0.2) is 36.9 Å². The van der Waals surface area contributed by atoms with Crippen molar-refractivity contribution in [2.75, 3.05) is 25.5 Å². The van der Waals surface area contributed by atoms with Crippen LogP contribution in [0.5, 0.6) is 0 Å². The third-order valence-electron chi connectivity index (χ3n) is 4.59. The SMILES string of the molecule is Cc1cccc(C)c1NC(=O)CN(C)C(=O)C[NH2+][C@H](C)c1ccccc1Cl. The van der Waals surface area contributed by atoms with E-state index in [0.717, 1.165) is 22.4 Å². The predicted octanol–water partition coefficient (Wildman–Crippen LogP) is 2.68. The van der Waals surface area contributed by atoms with Gasteiger partial charge >= 0.3 is 0 Å². The Balaban J connectivity index is 1.86. The molecule has 144 valence electrons. The Bertz CT molecular complexity index is 803. The fourth-order valence-corrected chi connectivity index (χ4v) is 3.21. The third kappa shape index (κ3) is 5.81. The van der Waals surface area contributed by atoms with E-state index >= 15 is 0 Å². The normalized spacial score (nSPS) is 11.7. The number of aryl methyl sites for hydroxylation is 2. The van der Waals surface area contributed by atoms with Crippen LogP contribution in [0.2, 0.25) is 5.02 Å². The molecule has 0 saturated carbocycles. The molecule has 2 aromatic carbocycles. The molecule has 0 unspecified atom stereocenters. The van der Waals surface area contributed by atoms with Gasteiger partial charge < -0.3 is 15.5 Å². The van der Waals surface area contributed by atoms with E-state index < -0.39 is 0 Å². The van der Waals surface area contributed by atoms with Crippen molar-refractivity contribution in [1.29, 1.82) is 0 Å². The number of para-hydroxylation sites is 1. The van der Waals surface area contributed by atoms with Crippen molar-refractivity contribution in [3.8, 4) is 0 Å². The molecule has 1 atom stereocenters. The summed E-state index contributed by atoms with van der Waals surface area (Å²) < 4.78 is 0. The number of nitrogens with two attached hydrogens (primary N) is 1. The Kier molecular flexibility index (Phi) is 7.39. The van der Waals surface area contributed by atoms with Crippen molar-refractivity contribution >= 4 is 29.1 Å². The zero-order chi connectivity index (χ0) is 20.0. The van der Waals surface area contributed by atoms with Gasteiger partial charge in [0.15, 0.2) is 6.54 Å². The molecule has 0 saturated heterocycles. The van der Waals surface area contributed by atoms with Crippen molar-refractivity contribution in [1.82, 2.24) is 4.90 Å². The topological polar surface area (TPSA) is 66.0 Å². The average molecular weight is 389 g/mol. The first-order chi connectivity index (χ1) is 12.8. The van der Waals surface area contributed by atoms with Crippen LogP contribution in [-0.2, 0) is 9.59 Å². The summed E-state index contributed by atoms with van der Waals surface area (Å²) in [7, 11) is 1.64. The highest BCUT2D eigenvalue weighted by Gasteiger charge is 2.18. The Morgan fingerprint density at radius 1 is 1.11 bits per heavy atom. The summed E-state index contributed by atoms with van der Waals surface area (Å²) in [4.78, 5) is 26.1. The lowest BCUT2D eigenvalue weighted by Crippen LogP contribution is -2.87. The summed E-state index contributed by atoms with van der Waals surface area (Å²) in [6.07, 6.45) is 0. The molecule has 2 amide bonds. The van der Waals surface area contributed by atoms with Crippen LogP contribution in [0.3, 0.4) is 0 Å². The van der Waals surface area contributed by atoms with Gasteiger partial charge in [0.2, 0.25) is 5.91 Å². The van der Waals surface area contributed by atoms with Crippen LogP contribution in [0.25, 0.3) is 0 Å². The minimum Gasteiger partial charge on any atom is -0.332 e. The number of nitrogens with zero attached hydrogens (tertiary/aromatic N) is 1. The van der Waals surface area contributed by atoms with Crippen LogP contribution in [0.4, 0.5) is 5.69 Å². The maximum Gasteiger partial charge on any atom is 0.277 e. The number of carbonyl (C=O) groups excluding carboxylic acids is 2. The molecule has 0 bridgehead atoms. The molecule has 6 heteroatoms. The lowest BCUT2D eigenvalue weighted by molar-refractivity contribution is -0.683. The van der Waals surface area contributed by atoms with Crippen LogP contribution in [0.15, 0.2) is 42.5 Å². The van der Waals surface area contributed by atoms with E-state index in [1.54, 1.807) is 7.05 Å². The second-order valence-corrected chi connectivity index (χ2v) is 7.22. The number of hydrogen-bond donors (Lipinski definition) is 2. The summed E-state index contributed by atoms with van der Waals surface area (Å²) in [6, 6.07) is 13.5. The van der Waals surface area contributed by atoms with E-state index in [1.807, 2.05) is 68.6 Å². The lowest BCUT2D eigenvalue weighted by atomic mass is 10.1. The van der Waals surface area contributed by atoms with Gasteiger partial charge in [-0.05, 0) is 38.0 Å². The summed E-state index contributed by atoms with van der Waals surface area (Å²) in [6.45, 7) is 6.16. The van der Waals surface area contributed by atoms with Gasteiger partial charge in [0.25, 0.3) is 5.91 Å². The van der Waals surface area contributed by atoms with E-state index in [1.165, 1.54) is 4.90 Å². The Morgan fingerprint density at radius 2 is 1.74 bits per heavy atom. The number of amides is 2. The van der Waals surface area contributed by atoms with E-state index in [4.69, 9.17) is 11.6 Å². The van der Waals surface area contributed by atoms with E-state index in [0.29, 0.717) is 5.02 Å². The molecule has 0 fully saturated rings. The van der Waals surface area contributed by atoms with Crippen LogP contribution < -0.4 is 10.6 Å². The number of halogens is 1. The molecule has 3 N–H and O–H groups in total. The Morgan fingerprint density at radius 3 is 2.37 bits per heavy atom. The first-order valence-corrected chi connectivity index (χ1v) is 9.35. The highest BCUT2D eigenvalue weighted by atomic mass is 35.5.